The first kappa shape index (κ1) is 26.9. The first-order valence-electron chi connectivity index (χ1n) is 10.2. The van der Waals surface area contributed by atoms with Gasteiger partial charge in [-0.05, 0) is 43.2 Å². The molecule has 180 valence electrons. The van der Waals surface area contributed by atoms with Gasteiger partial charge in [0, 0.05) is 18.1 Å². The van der Waals surface area contributed by atoms with Crippen molar-refractivity contribution in [2.24, 2.45) is 0 Å². The lowest BCUT2D eigenvalue weighted by Gasteiger charge is -2.33. The number of nitrogens with one attached hydrogen (secondary N) is 1. The van der Waals surface area contributed by atoms with E-state index in [-0.39, 0.29) is 23.2 Å². The maximum Gasteiger partial charge on any atom is 0.244 e. The molecule has 0 spiro atoms. The van der Waals surface area contributed by atoms with Crippen molar-refractivity contribution >= 4 is 50.7 Å². The van der Waals surface area contributed by atoms with Crippen molar-refractivity contribution in [1.29, 1.82) is 0 Å². The third-order valence-electron chi connectivity index (χ3n) is 4.91. The van der Waals surface area contributed by atoms with Gasteiger partial charge in [-0.2, -0.15) is 0 Å². The summed E-state index contributed by atoms with van der Waals surface area (Å²) in [5.74, 6) is -1.71. The molecule has 0 saturated carbocycles. The van der Waals surface area contributed by atoms with Crippen LogP contribution in [-0.2, 0) is 26.2 Å². The van der Waals surface area contributed by atoms with Crippen molar-refractivity contribution in [3.05, 3.63) is 63.9 Å². The first-order valence-corrected chi connectivity index (χ1v) is 12.8. The molecule has 0 fully saturated rings. The predicted octanol–water partition coefficient (Wildman–Crippen LogP) is 3.84. The number of sulfonamides is 1. The van der Waals surface area contributed by atoms with Gasteiger partial charge in [-0.15, -0.1) is 0 Å². The van der Waals surface area contributed by atoms with E-state index in [0.717, 1.165) is 22.7 Å². The summed E-state index contributed by atoms with van der Waals surface area (Å²) < 4.78 is 39.4. The average Bonchev–Trinajstić information content (AvgIpc) is 2.74. The lowest BCUT2D eigenvalue weighted by atomic mass is 10.1. The highest BCUT2D eigenvalue weighted by Crippen LogP contribution is 2.25. The maximum atomic E-state index is 13.6. The molecule has 2 aromatic rings. The third kappa shape index (κ3) is 7.06. The van der Waals surface area contributed by atoms with Crippen LogP contribution >= 0.6 is 23.2 Å². The maximum absolute atomic E-state index is 13.6. The minimum absolute atomic E-state index is 0.00404. The normalized spacial score (nSPS) is 12.2. The van der Waals surface area contributed by atoms with Gasteiger partial charge < -0.3 is 10.2 Å². The zero-order chi connectivity index (χ0) is 24.8. The van der Waals surface area contributed by atoms with Crippen molar-refractivity contribution in [2.45, 2.75) is 32.9 Å². The monoisotopic (exact) mass is 517 g/mol. The summed E-state index contributed by atoms with van der Waals surface area (Å²) >= 11 is 12.1. The molecule has 7 nitrogen and oxygen atoms in total. The van der Waals surface area contributed by atoms with E-state index in [4.69, 9.17) is 23.2 Å². The third-order valence-corrected chi connectivity index (χ3v) is 6.70. The molecule has 1 N–H and O–H groups in total. The summed E-state index contributed by atoms with van der Waals surface area (Å²) in [6.07, 6.45) is 1.22. The Labute approximate surface area is 203 Å². The molecule has 0 unspecified atom stereocenters. The number of hydrogen-bond acceptors (Lipinski definition) is 4. The van der Waals surface area contributed by atoms with Gasteiger partial charge in [0.2, 0.25) is 21.8 Å². The Morgan fingerprint density at radius 3 is 2.30 bits per heavy atom. The number of rotatable bonds is 10. The predicted molar refractivity (Wildman–Crippen MR) is 128 cm³/mol. The van der Waals surface area contributed by atoms with Crippen molar-refractivity contribution < 1.29 is 22.4 Å². The Kier molecular flexibility index (Phi) is 9.51. The van der Waals surface area contributed by atoms with Crippen LogP contribution in [0.2, 0.25) is 10.0 Å². The van der Waals surface area contributed by atoms with Crippen LogP contribution in [-0.4, -0.2) is 50.5 Å². The fourth-order valence-corrected chi connectivity index (χ4v) is 4.49. The molecule has 0 heterocycles. The summed E-state index contributed by atoms with van der Waals surface area (Å²) in [4.78, 5) is 27.4. The van der Waals surface area contributed by atoms with E-state index < -0.39 is 34.3 Å². The molecule has 0 saturated heterocycles. The van der Waals surface area contributed by atoms with E-state index >= 15 is 0 Å². The van der Waals surface area contributed by atoms with E-state index in [2.05, 4.69) is 5.32 Å². The van der Waals surface area contributed by atoms with E-state index in [0.29, 0.717) is 23.6 Å². The van der Waals surface area contributed by atoms with Crippen molar-refractivity contribution in [2.75, 3.05) is 23.7 Å². The van der Waals surface area contributed by atoms with Crippen molar-refractivity contribution in [1.82, 2.24) is 10.2 Å². The van der Waals surface area contributed by atoms with Gasteiger partial charge in [0.1, 0.15) is 18.4 Å². The Morgan fingerprint density at radius 2 is 1.76 bits per heavy atom. The van der Waals surface area contributed by atoms with Crippen LogP contribution in [0.5, 0.6) is 0 Å². The molecular weight excluding hydrogens is 492 g/mol. The molecule has 2 aromatic carbocycles. The fourth-order valence-electron chi connectivity index (χ4n) is 3.28. The summed E-state index contributed by atoms with van der Waals surface area (Å²) in [5, 5.41) is 2.83. The molecule has 33 heavy (non-hydrogen) atoms. The molecule has 0 aliphatic rings. The second-order valence-corrected chi connectivity index (χ2v) is 10.0. The quantitative estimate of drug-likeness (QED) is 0.518. The zero-order valence-corrected chi connectivity index (χ0v) is 20.8. The van der Waals surface area contributed by atoms with Gasteiger partial charge in [0.05, 0.1) is 17.0 Å². The molecule has 0 radical (unpaired) electrons. The molecule has 1 atom stereocenters. The summed E-state index contributed by atoms with van der Waals surface area (Å²) in [7, 11) is -3.94. The van der Waals surface area contributed by atoms with Crippen LogP contribution in [0, 0.1) is 5.82 Å². The summed E-state index contributed by atoms with van der Waals surface area (Å²) in [6, 6.07) is 9.39. The number of amides is 2. The number of nitrogens with zero attached hydrogens (tertiary/aromatic N) is 2. The molecule has 11 heteroatoms. The molecule has 0 aliphatic carbocycles. The van der Waals surface area contributed by atoms with Crippen LogP contribution in [0.15, 0.2) is 42.5 Å². The SMILES string of the molecule is CCNC(=O)[C@H](CC)N(Cc1ccccc1Cl)C(=O)CN(c1ccc(F)c(Cl)c1)S(C)(=O)=O. The van der Waals surface area contributed by atoms with E-state index in [1.165, 1.54) is 11.0 Å². The van der Waals surface area contributed by atoms with Crippen molar-refractivity contribution in [3.63, 3.8) is 0 Å². The Bertz CT molecular complexity index is 1110. The number of carbonyl (C=O) groups is 2. The Hall–Kier alpha value is -2.36. The zero-order valence-electron chi connectivity index (χ0n) is 18.5. The van der Waals surface area contributed by atoms with Gasteiger partial charge in [0.25, 0.3) is 0 Å². The van der Waals surface area contributed by atoms with Gasteiger partial charge >= 0.3 is 0 Å². The number of halogens is 3. The largest absolute Gasteiger partial charge is 0.355 e. The number of benzene rings is 2. The highest BCUT2D eigenvalue weighted by atomic mass is 35.5. The van der Waals surface area contributed by atoms with Crippen molar-refractivity contribution in [3.8, 4) is 0 Å². The van der Waals surface area contributed by atoms with Crippen LogP contribution in [0.3, 0.4) is 0 Å². The fraction of sp³-hybridized carbons (Fsp3) is 0.364. The second kappa shape index (κ2) is 11.7. The standard InChI is InChI=1S/C22H26Cl2FN3O4S/c1-4-20(22(30)26-5-2)27(13-15-8-6-7-9-17(15)23)21(29)14-28(33(3,31)32)16-10-11-19(25)18(24)12-16/h6-12,20H,4-5,13-14H2,1-3H3,(H,26,30)/t20-/m0/s1. The molecular formula is C22H26Cl2FN3O4S. The van der Waals surface area contributed by atoms with Crippen LogP contribution in [0.1, 0.15) is 25.8 Å². The number of hydrogen-bond donors (Lipinski definition) is 1. The molecule has 2 amide bonds. The van der Waals surface area contributed by atoms with Crippen LogP contribution < -0.4 is 9.62 Å². The molecule has 0 aliphatic heterocycles. The topological polar surface area (TPSA) is 86.8 Å². The first-order chi connectivity index (χ1) is 15.5. The lowest BCUT2D eigenvalue weighted by molar-refractivity contribution is -0.140. The van der Waals surface area contributed by atoms with Gasteiger partial charge in [-0.3, -0.25) is 13.9 Å². The minimum atomic E-state index is -3.94. The van der Waals surface area contributed by atoms with Crippen LogP contribution in [0.25, 0.3) is 0 Å². The minimum Gasteiger partial charge on any atom is -0.355 e. The number of likely N-dealkylation sites (N-methyl/N-ethyl adjacent to an activating group) is 1. The van der Waals surface area contributed by atoms with Gasteiger partial charge in [0.15, 0.2) is 0 Å². The number of anilines is 1. The summed E-state index contributed by atoms with van der Waals surface area (Å²) in [5.41, 5.74) is 0.631. The smallest absolute Gasteiger partial charge is 0.244 e. The Balaban J connectivity index is 2.47. The van der Waals surface area contributed by atoms with E-state index in [9.17, 15) is 22.4 Å². The number of carbonyl (C=O) groups excluding carboxylic acids is 2. The average molecular weight is 518 g/mol. The summed E-state index contributed by atoms with van der Waals surface area (Å²) in [6.45, 7) is 3.26. The highest BCUT2D eigenvalue weighted by Gasteiger charge is 2.32. The van der Waals surface area contributed by atoms with Crippen LogP contribution in [0.4, 0.5) is 10.1 Å². The highest BCUT2D eigenvalue weighted by molar-refractivity contribution is 7.92. The van der Waals surface area contributed by atoms with Gasteiger partial charge in [-0.1, -0.05) is 48.3 Å². The lowest BCUT2D eigenvalue weighted by Crippen LogP contribution is -2.52. The van der Waals surface area contributed by atoms with E-state index in [1.54, 1.807) is 38.1 Å². The molecule has 0 aromatic heterocycles. The Morgan fingerprint density at radius 1 is 1.09 bits per heavy atom. The van der Waals surface area contributed by atoms with Gasteiger partial charge in [-0.25, -0.2) is 12.8 Å². The second-order valence-electron chi connectivity index (χ2n) is 7.30. The molecule has 0 bridgehead atoms. The molecule has 2 rings (SSSR count). The van der Waals surface area contributed by atoms with E-state index in [1.807, 2.05) is 0 Å².